The number of amides is 2. The van der Waals surface area contributed by atoms with Gasteiger partial charge in [-0.15, -0.1) is 5.10 Å². The second-order valence-electron chi connectivity index (χ2n) is 9.47. The molecule has 1 fully saturated rings. The van der Waals surface area contributed by atoms with E-state index in [1.807, 2.05) is 6.20 Å². The standard InChI is InChI=1S/C23H30N6O3/c30-19-10-16(23(32)24-11-17-12-25-28-27-17)13-29-8-7-15-5-6-18(21(19)22(15)29)26-20(31)9-14-3-1-2-4-14/h7-8,12,14,16,18,21H,1-6,9-11,13H2,(H,24,32)(H,26,31)(H,25,27,28)/t16-,18-,21?/m0/s1. The lowest BCUT2D eigenvalue weighted by molar-refractivity contribution is -0.130. The highest BCUT2D eigenvalue weighted by atomic mass is 16.2. The van der Waals surface area contributed by atoms with Crippen LogP contribution in [0.25, 0.3) is 0 Å². The minimum Gasteiger partial charge on any atom is -0.352 e. The lowest BCUT2D eigenvalue weighted by Crippen LogP contribution is -2.45. The SMILES string of the molecule is O=C(CC1CCCC1)N[C@H]1CCc2ccn3c2C1C(=O)C[C@H](C(=O)NCc1c[nH]nn1)C3. The van der Waals surface area contributed by atoms with Crippen LogP contribution in [0.15, 0.2) is 18.5 Å². The highest BCUT2D eigenvalue weighted by Crippen LogP contribution is 2.38. The first-order chi connectivity index (χ1) is 15.6. The largest absolute Gasteiger partial charge is 0.352 e. The lowest BCUT2D eigenvalue weighted by atomic mass is 9.79. The first kappa shape index (κ1) is 20.9. The average molecular weight is 439 g/mol. The van der Waals surface area contributed by atoms with E-state index in [1.54, 1.807) is 6.20 Å². The molecule has 0 bridgehead atoms. The van der Waals surface area contributed by atoms with Gasteiger partial charge in [-0.05, 0) is 43.2 Å². The third-order valence-corrected chi connectivity index (χ3v) is 7.30. The van der Waals surface area contributed by atoms with Crippen molar-refractivity contribution >= 4 is 17.6 Å². The van der Waals surface area contributed by atoms with Gasteiger partial charge >= 0.3 is 0 Å². The number of aryl methyl sites for hydroxylation is 1. The van der Waals surface area contributed by atoms with Crippen LogP contribution in [0.3, 0.4) is 0 Å². The Morgan fingerprint density at radius 3 is 2.84 bits per heavy atom. The van der Waals surface area contributed by atoms with Gasteiger partial charge < -0.3 is 15.2 Å². The van der Waals surface area contributed by atoms with Crippen molar-refractivity contribution in [2.75, 3.05) is 0 Å². The van der Waals surface area contributed by atoms with Crippen LogP contribution in [0.1, 0.15) is 67.8 Å². The highest BCUT2D eigenvalue weighted by molar-refractivity contribution is 5.92. The summed E-state index contributed by atoms with van der Waals surface area (Å²) in [4.78, 5) is 39.0. The molecular formula is C23H30N6O3. The van der Waals surface area contributed by atoms with Gasteiger partial charge in [0, 0.05) is 43.5 Å². The van der Waals surface area contributed by atoms with Crippen LogP contribution < -0.4 is 10.6 Å². The van der Waals surface area contributed by atoms with Crippen molar-refractivity contribution in [2.45, 2.75) is 76.4 Å². The monoisotopic (exact) mass is 438 g/mol. The molecule has 2 aliphatic carbocycles. The zero-order chi connectivity index (χ0) is 22.1. The van der Waals surface area contributed by atoms with E-state index in [-0.39, 0.29) is 42.5 Å². The van der Waals surface area contributed by atoms with Crippen molar-refractivity contribution in [2.24, 2.45) is 11.8 Å². The third-order valence-electron chi connectivity index (χ3n) is 7.30. The Morgan fingerprint density at radius 1 is 1.22 bits per heavy atom. The van der Waals surface area contributed by atoms with Crippen LogP contribution in [-0.2, 0) is 33.9 Å². The van der Waals surface area contributed by atoms with Crippen molar-refractivity contribution in [3.05, 3.63) is 35.4 Å². The van der Waals surface area contributed by atoms with Crippen molar-refractivity contribution in [1.29, 1.82) is 0 Å². The number of hydrogen-bond acceptors (Lipinski definition) is 5. The summed E-state index contributed by atoms with van der Waals surface area (Å²) in [6, 6.07) is 1.86. The zero-order valence-corrected chi connectivity index (χ0v) is 18.2. The molecule has 3 heterocycles. The summed E-state index contributed by atoms with van der Waals surface area (Å²) in [5.41, 5.74) is 2.79. The fourth-order valence-electron chi connectivity index (χ4n) is 5.70. The summed E-state index contributed by atoms with van der Waals surface area (Å²) in [5.74, 6) is -0.426. The van der Waals surface area contributed by atoms with Gasteiger partial charge in [0.05, 0.1) is 18.4 Å². The van der Waals surface area contributed by atoms with Crippen LogP contribution in [-0.4, -0.2) is 43.6 Å². The predicted octanol–water partition coefficient (Wildman–Crippen LogP) is 1.61. The number of ketones is 1. The number of hydrogen-bond donors (Lipinski definition) is 3. The fraction of sp³-hybridized carbons (Fsp3) is 0.609. The van der Waals surface area contributed by atoms with E-state index < -0.39 is 5.92 Å². The summed E-state index contributed by atoms with van der Waals surface area (Å²) in [6.07, 6.45) is 10.6. The van der Waals surface area contributed by atoms with Gasteiger partial charge in [-0.3, -0.25) is 19.5 Å². The van der Waals surface area contributed by atoms with Gasteiger partial charge in [0.2, 0.25) is 11.8 Å². The molecule has 1 aliphatic heterocycles. The van der Waals surface area contributed by atoms with E-state index >= 15 is 0 Å². The molecule has 9 nitrogen and oxygen atoms in total. The number of nitrogens with zero attached hydrogens (tertiary/aromatic N) is 3. The van der Waals surface area contributed by atoms with Gasteiger partial charge in [0.15, 0.2) is 0 Å². The molecule has 9 heteroatoms. The molecule has 5 rings (SSSR count). The minimum atomic E-state index is -0.452. The molecule has 2 amide bonds. The van der Waals surface area contributed by atoms with E-state index in [1.165, 1.54) is 12.8 Å². The quantitative estimate of drug-likeness (QED) is 0.633. The van der Waals surface area contributed by atoms with E-state index in [4.69, 9.17) is 0 Å². The molecule has 0 aromatic carbocycles. The van der Waals surface area contributed by atoms with E-state index in [9.17, 15) is 14.4 Å². The van der Waals surface area contributed by atoms with Crippen LogP contribution in [0.4, 0.5) is 0 Å². The molecule has 3 aliphatic rings. The number of aromatic nitrogens is 4. The summed E-state index contributed by atoms with van der Waals surface area (Å²) in [7, 11) is 0. The molecule has 1 saturated carbocycles. The Hall–Kier alpha value is -2.97. The summed E-state index contributed by atoms with van der Waals surface area (Å²) in [6.45, 7) is 0.734. The molecule has 32 heavy (non-hydrogen) atoms. The molecule has 2 aromatic heterocycles. The molecule has 170 valence electrons. The Kier molecular flexibility index (Phi) is 5.80. The number of nitrogens with one attached hydrogen (secondary N) is 3. The molecule has 0 radical (unpaired) electrons. The predicted molar refractivity (Wildman–Crippen MR) is 115 cm³/mol. The topological polar surface area (TPSA) is 122 Å². The normalized spacial score (nSPS) is 25.2. The van der Waals surface area contributed by atoms with Gasteiger partial charge in [0.25, 0.3) is 0 Å². The van der Waals surface area contributed by atoms with E-state index in [0.717, 1.165) is 36.9 Å². The number of carbonyl (C=O) groups is 3. The number of aromatic amines is 1. The number of carbonyl (C=O) groups excluding carboxylic acids is 3. The van der Waals surface area contributed by atoms with Crippen molar-refractivity contribution in [3.63, 3.8) is 0 Å². The molecule has 2 aromatic rings. The fourth-order valence-corrected chi connectivity index (χ4v) is 5.70. The van der Waals surface area contributed by atoms with Crippen molar-refractivity contribution in [1.82, 2.24) is 30.6 Å². The van der Waals surface area contributed by atoms with Crippen LogP contribution in [0.5, 0.6) is 0 Å². The Morgan fingerprint density at radius 2 is 2.06 bits per heavy atom. The van der Waals surface area contributed by atoms with E-state index in [2.05, 4.69) is 36.7 Å². The number of Topliss-reactive ketones (excluding diaryl/α,β-unsaturated/α-hetero) is 1. The first-order valence-corrected chi connectivity index (χ1v) is 11.7. The summed E-state index contributed by atoms with van der Waals surface area (Å²) >= 11 is 0. The maximum Gasteiger partial charge on any atom is 0.225 e. The first-order valence-electron chi connectivity index (χ1n) is 11.7. The smallest absolute Gasteiger partial charge is 0.225 e. The van der Waals surface area contributed by atoms with E-state index in [0.29, 0.717) is 24.6 Å². The highest BCUT2D eigenvalue weighted by Gasteiger charge is 2.42. The molecular weight excluding hydrogens is 408 g/mol. The maximum atomic E-state index is 13.4. The molecule has 3 N–H and O–H groups in total. The minimum absolute atomic E-state index is 0.0381. The second-order valence-corrected chi connectivity index (χ2v) is 9.47. The van der Waals surface area contributed by atoms with Gasteiger partial charge in [-0.1, -0.05) is 18.1 Å². The molecule has 0 saturated heterocycles. The second kappa shape index (κ2) is 8.88. The van der Waals surface area contributed by atoms with Crippen molar-refractivity contribution in [3.8, 4) is 0 Å². The third kappa shape index (κ3) is 4.20. The van der Waals surface area contributed by atoms with Crippen molar-refractivity contribution < 1.29 is 14.4 Å². The summed E-state index contributed by atoms with van der Waals surface area (Å²) in [5, 5.41) is 16.2. The number of rotatable bonds is 6. The Labute approximate surface area is 186 Å². The van der Waals surface area contributed by atoms with Gasteiger partial charge in [0.1, 0.15) is 11.5 Å². The number of H-pyrrole nitrogens is 1. The van der Waals surface area contributed by atoms with Gasteiger partial charge in [-0.2, -0.15) is 0 Å². The molecule has 0 spiro atoms. The molecule has 1 unspecified atom stereocenters. The van der Waals surface area contributed by atoms with Crippen LogP contribution in [0, 0.1) is 11.8 Å². The zero-order valence-electron chi connectivity index (χ0n) is 18.2. The van der Waals surface area contributed by atoms with Gasteiger partial charge in [-0.25, -0.2) is 0 Å². The van der Waals surface area contributed by atoms with Crippen LogP contribution >= 0.6 is 0 Å². The Bertz CT molecular complexity index is 992. The Balaban J connectivity index is 1.30. The summed E-state index contributed by atoms with van der Waals surface area (Å²) < 4.78 is 2.06. The maximum absolute atomic E-state index is 13.4. The van der Waals surface area contributed by atoms with Crippen LogP contribution in [0.2, 0.25) is 0 Å². The average Bonchev–Trinajstić information content (AvgIpc) is 3.53. The lowest BCUT2D eigenvalue weighted by Gasteiger charge is -2.32. The molecule has 3 atom stereocenters.